The lowest BCUT2D eigenvalue weighted by Gasteiger charge is -2.34. The molecule has 1 fully saturated rings. The van der Waals surface area contributed by atoms with Crippen molar-refractivity contribution in [2.45, 2.75) is 25.3 Å². The highest BCUT2D eigenvalue weighted by atomic mass is 32.2. The summed E-state index contributed by atoms with van der Waals surface area (Å²) in [6.07, 6.45) is 1.70. The molecular weight excluding hydrogens is 335 g/mol. The van der Waals surface area contributed by atoms with Crippen LogP contribution in [-0.2, 0) is 20.4 Å². The van der Waals surface area contributed by atoms with E-state index in [4.69, 9.17) is 5.73 Å². The Morgan fingerprint density at radius 2 is 2.12 bits per heavy atom. The Balaban J connectivity index is 1.99. The number of carbonyl (C=O) groups excluding carboxylic acids is 1. The predicted molar refractivity (Wildman–Crippen MR) is 88.3 cm³/mol. The number of guanidine groups is 1. The van der Waals surface area contributed by atoms with Crippen molar-refractivity contribution in [3.8, 4) is 0 Å². The molecule has 1 aromatic rings. The lowest BCUT2D eigenvalue weighted by atomic mass is 9.93. The fourth-order valence-electron chi connectivity index (χ4n) is 2.69. The Bertz CT molecular complexity index is 835. The van der Waals surface area contributed by atoms with Crippen molar-refractivity contribution in [3.63, 3.8) is 0 Å². The summed E-state index contributed by atoms with van der Waals surface area (Å²) in [6.45, 7) is 1.51. The van der Waals surface area contributed by atoms with Gasteiger partial charge in [0.25, 0.3) is 0 Å². The lowest BCUT2D eigenvalue weighted by molar-refractivity contribution is -0.117. The first-order valence-corrected chi connectivity index (χ1v) is 9.16. The fraction of sp³-hybridized carbons (Fsp3) is 0.467. The molecule has 3 rings (SSSR count). The van der Waals surface area contributed by atoms with Crippen LogP contribution in [0.4, 0.5) is 10.1 Å². The summed E-state index contributed by atoms with van der Waals surface area (Å²) >= 11 is 0. The Morgan fingerprint density at radius 1 is 1.46 bits per heavy atom. The summed E-state index contributed by atoms with van der Waals surface area (Å²) in [4.78, 5) is 16.0. The second kappa shape index (κ2) is 5.44. The lowest BCUT2D eigenvalue weighted by Crippen LogP contribution is -2.50. The van der Waals surface area contributed by atoms with Crippen molar-refractivity contribution in [2.75, 3.05) is 18.1 Å². The number of nitrogens with two attached hydrogens (primary N) is 1. The van der Waals surface area contributed by atoms with Crippen LogP contribution in [0, 0.1) is 11.7 Å². The molecule has 1 atom stereocenters. The van der Waals surface area contributed by atoms with Gasteiger partial charge in [-0.2, -0.15) is 0 Å². The zero-order valence-electron chi connectivity index (χ0n) is 13.4. The van der Waals surface area contributed by atoms with Gasteiger partial charge in [0.1, 0.15) is 11.4 Å². The minimum Gasteiger partial charge on any atom is -0.369 e. The zero-order valence-corrected chi connectivity index (χ0v) is 14.2. The number of aliphatic imine (C=N–C) groups is 1. The van der Waals surface area contributed by atoms with Gasteiger partial charge in [-0.15, -0.1) is 0 Å². The second-order valence-electron chi connectivity index (χ2n) is 6.43. The molecule has 1 saturated carbocycles. The number of rotatable bonds is 3. The first-order valence-electron chi connectivity index (χ1n) is 7.55. The molecule has 0 spiro atoms. The van der Waals surface area contributed by atoms with E-state index in [0.717, 1.165) is 17.1 Å². The first kappa shape index (κ1) is 16.7. The maximum absolute atomic E-state index is 14.4. The molecule has 0 aromatic heterocycles. The van der Waals surface area contributed by atoms with Crippen molar-refractivity contribution in [3.05, 3.63) is 29.6 Å². The van der Waals surface area contributed by atoms with Gasteiger partial charge in [0.2, 0.25) is 21.9 Å². The number of anilines is 1. The Morgan fingerprint density at radius 3 is 2.71 bits per heavy atom. The fourth-order valence-corrected chi connectivity index (χ4v) is 4.14. The number of benzene rings is 1. The molecule has 130 valence electrons. The summed E-state index contributed by atoms with van der Waals surface area (Å²) in [5.74, 6) is -1.31. The van der Waals surface area contributed by atoms with E-state index in [1.165, 1.54) is 32.2 Å². The smallest absolute Gasteiger partial charge is 0.239 e. The zero-order chi connectivity index (χ0) is 17.7. The highest BCUT2D eigenvalue weighted by Crippen LogP contribution is 2.35. The largest absolute Gasteiger partial charge is 0.369 e. The van der Waals surface area contributed by atoms with E-state index in [2.05, 4.69) is 10.3 Å². The molecule has 24 heavy (non-hydrogen) atoms. The van der Waals surface area contributed by atoms with Gasteiger partial charge in [-0.05, 0) is 38.0 Å². The van der Waals surface area contributed by atoms with E-state index in [1.54, 1.807) is 0 Å². The molecule has 7 nitrogen and oxygen atoms in total. The van der Waals surface area contributed by atoms with Crippen LogP contribution in [0.15, 0.2) is 23.2 Å². The maximum Gasteiger partial charge on any atom is 0.239 e. The number of nitrogens with zero attached hydrogens (tertiary/aromatic N) is 2. The van der Waals surface area contributed by atoms with Crippen LogP contribution >= 0.6 is 0 Å². The van der Waals surface area contributed by atoms with E-state index in [0.29, 0.717) is 5.69 Å². The summed E-state index contributed by atoms with van der Waals surface area (Å²) in [5, 5.41) is 2.72. The molecule has 1 heterocycles. The number of nitrogens with one attached hydrogen (secondary N) is 1. The number of halogens is 1. The summed E-state index contributed by atoms with van der Waals surface area (Å²) in [5.41, 5.74) is 4.82. The standard InChI is InChI=1S/C15H19FN4O3S/c1-15(8-24(22,23)20(2)14(17)19-15)11-7-10(5-6-12(11)16)18-13(21)9-3-4-9/h5-7,9H,3-4,8H2,1-2H3,(H2,17,19)(H,18,21)/t15-/m0/s1. The third-order valence-corrected chi connectivity index (χ3v) is 6.28. The summed E-state index contributed by atoms with van der Waals surface area (Å²) in [6, 6.07) is 4.06. The second-order valence-corrected chi connectivity index (χ2v) is 8.43. The topological polar surface area (TPSA) is 105 Å². The van der Waals surface area contributed by atoms with Gasteiger partial charge in [0.15, 0.2) is 0 Å². The van der Waals surface area contributed by atoms with Crippen molar-refractivity contribution >= 4 is 27.6 Å². The van der Waals surface area contributed by atoms with Gasteiger partial charge in [0, 0.05) is 24.2 Å². The Hall–Kier alpha value is -2.16. The van der Waals surface area contributed by atoms with Crippen LogP contribution in [0.2, 0.25) is 0 Å². The molecule has 0 bridgehead atoms. The number of sulfonamides is 1. The quantitative estimate of drug-likeness (QED) is 0.844. The third kappa shape index (κ3) is 2.95. The molecule has 1 amide bonds. The molecule has 0 radical (unpaired) electrons. The van der Waals surface area contributed by atoms with Gasteiger partial charge in [-0.3, -0.25) is 4.79 Å². The molecule has 0 saturated heterocycles. The Kier molecular flexibility index (Phi) is 3.78. The molecule has 2 aliphatic rings. The molecule has 0 unspecified atom stereocenters. The molecule has 1 aliphatic carbocycles. The highest BCUT2D eigenvalue weighted by molar-refractivity contribution is 7.89. The van der Waals surface area contributed by atoms with Crippen molar-refractivity contribution in [1.29, 1.82) is 0 Å². The van der Waals surface area contributed by atoms with Crippen LogP contribution in [0.25, 0.3) is 0 Å². The van der Waals surface area contributed by atoms with Crippen LogP contribution < -0.4 is 11.1 Å². The normalized spacial score (nSPS) is 26.0. The SMILES string of the molecule is CN1C(N)=N[C@](C)(c2cc(NC(=O)C3CC3)ccc2F)CS1(=O)=O. The van der Waals surface area contributed by atoms with Gasteiger partial charge in [-0.25, -0.2) is 22.1 Å². The van der Waals surface area contributed by atoms with Crippen LogP contribution in [0.3, 0.4) is 0 Å². The van der Waals surface area contributed by atoms with Gasteiger partial charge in [0.05, 0.1) is 5.75 Å². The number of hydrogen-bond acceptors (Lipinski definition) is 5. The van der Waals surface area contributed by atoms with E-state index in [1.807, 2.05) is 0 Å². The Labute approximate surface area is 139 Å². The summed E-state index contributed by atoms with van der Waals surface area (Å²) < 4.78 is 39.7. The number of amides is 1. The monoisotopic (exact) mass is 354 g/mol. The van der Waals surface area contributed by atoms with Crippen LogP contribution in [0.1, 0.15) is 25.3 Å². The van der Waals surface area contributed by atoms with Crippen molar-refractivity contribution < 1.29 is 17.6 Å². The van der Waals surface area contributed by atoms with Gasteiger partial charge >= 0.3 is 0 Å². The van der Waals surface area contributed by atoms with Crippen molar-refractivity contribution in [1.82, 2.24) is 4.31 Å². The molecule has 1 aliphatic heterocycles. The van der Waals surface area contributed by atoms with Gasteiger partial charge in [-0.1, -0.05) is 0 Å². The average molecular weight is 354 g/mol. The minimum absolute atomic E-state index is 0.00598. The molecule has 9 heteroatoms. The highest BCUT2D eigenvalue weighted by Gasteiger charge is 2.42. The van der Waals surface area contributed by atoms with E-state index in [-0.39, 0.29) is 23.3 Å². The molecular formula is C15H19FN4O3S. The van der Waals surface area contributed by atoms with E-state index in [9.17, 15) is 17.6 Å². The van der Waals surface area contributed by atoms with Crippen LogP contribution in [-0.4, -0.2) is 37.4 Å². The molecule has 3 N–H and O–H groups in total. The third-order valence-electron chi connectivity index (χ3n) is 4.33. The number of hydrogen-bond donors (Lipinski definition) is 2. The first-order chi connectivity index (χ1) is 11.1. The van der Waals surface area contributed by atoms with Crippen LogP contribution in [0.5, 0.6) is 0 Å². The van der Waals surface area contributed by atoms with E-state index < -0.39 is 27.1 Å². The number of carbonyl (C=O) groups is 1. The minimum atomic E-state index is -3.70. The van der Waals surface area contributed by atoms with Gasteiger partial charge < -0.3 is 11.1 Å². The summed E-state index contributed by atoms with van der Waals surface area (Å²) in [7, 11) is -2.40. The average Bonchev–Trinajstić information content (AvgIpc) is 3.31. The predicted octanol–water partition coefficient (Wildman–Crippen LogP) is 0.979. The van der Waals surface area contributed by atoms with E-state index >= 15 is 0 Å². The van der Waals surface area contributed by atoms with Crippen molar-refractivity contribution in [2.24, 2.45) is 16.6 Å². The molecule has 1 aromatic carbocycles. The maximum atomic E-state index is 14.4.